The number of rotatable bonds is 3. The van der Waals surface area contributed by atoms with Crippen LogP contribution in [0.4, 0.5) is 5.69 Å². The summed E-state index contributed by atoms with van der Waals surface area (Å²) in [5.74, 6) is -0.342. The normalized spacial score (nSPS) is 10.3. The van der Waals surface area contributed by atoms with E-state index in [4.69, 9.17) is 23.2 Å². The minimum absolute atomic E-state index is 0.0751. The number of pyridine rings is 1. The van der Waals surface area contributed by atoms with Crippen LogP contribution >= 0.6 is 23.2 Å². The average molecular weight is 311 g/mol. The van der Waals surface area contributed by atoms with Crippen LogP contribution in [0.25, 0.3) is 0 Å². The fourth-order valence-electron chi connectivity index (χ4n) is 1.75. The Morgan fingerprint density at radius 2 is 2.00 bits per heavy atom. The van der Waals surface area contributed by atoms with Crippen LogP contribution in [-0.2, 0) is 11.3 Å². The summed E-state index contributed by atoms with van der Waals surface area (Å²) >= 11 is 11.8. The first-order valence-corrected chi connectivity index (χ1v) is 6.64. The van der Waals surface area contributed by atoms with Crippen LogP contribution in [-0.4, -0.2) is 10.5 Å². The van der Waals surface area contributed by atoms with Crippen molar-refractivity contribution in [3.8, 4) is 0 Å². The van der Waals surface area contributed by atoms with E-state index in [0.717, 1.165) is 0 Å². The lowest BCUT2D eigenvalue weighted by molar-refractivity contribution is -0.116. The third-order valence-corrected chi connectivity index (χ3v) is 3.34. The molecular formula is C14H12Cl2N2O2. The molecule has 1 heterocycles. The topological polar surface area (TPSA) is 51.1 Å². The van der Waals surface area contributed by atoms with Gasteiger partial charge in [-0.05, 0) is 31.2 Å². The Morgan fingerprint density at radius 3 is 2.70 bits per heavy atom. The van der Waals surface area contributed by atoms with Gasteiger partial charge in [0.2, 0.25) is 5.91 Å². The molecule has 4 nitrogen and oxygen atoms in total. The van der Waals surface area contributed by atoms with Gasteiger partial charge < -0.3 is 9.88 Å². The van der Waals surface area contributed by atoms with Crippen LogP contribution < -0.4 is 10.9 Å². The molecule has 20 heavy (non-hydrogen) atoms. The molecule has 2 rings (SSSR count). The monoisotopic (exact) mass is 310 g/mol. The summed E-state index contributed by atoms with van der Waals surface area (Å²) < 4.78 is 1.38. The maximum Gasteiger partial charge on any atom is 0.251 e. The number of hydrogen-bond donors (Lipinski definition) is 1. The van der Waals surface area contributed by atoms with Crippen molar-refractivity contribution in [1.29, 1.82) is 0 Å². The number of halogens is 2. The molecule has 0 spiro atoms. The molecule has 104 valence electrons. The second kappa shape index (κ2) is 6.11. The number of hydrogen-bond acceptors (Lipinski definition) is 2. The standard InChI is InChI=1S/C14H12Cl2N2O2/c1-9-3-2-4-14(20)18(9)8-13(19)17-12-7-10(15)5-6-11(12)16/h2-7H,8H2,1H3,(H,17,19). The number of nitrogens with zero attached hydrogens (tertiary/aromatic N) is 1. The van der Waals surface area contributed by atoms with Gasteiger partial charge in [-0.1, -0.05) is 29.3 Å². The zero-order chi connectivity index (χ0) is 14.7. The SMILES string of the molecule is Cc1cccc(=O)n1CC(=O)Nc1cc(Cl)ccc1Cl. The second-order valence-corrected chi connectivity index (χ2v) is 5.11. The zero-order valence-electron chi connectivity index (χ0n) is 10.7. The molecular weight excluding hydrogens is 299 g/mol. The van der Waals surface area contributed by atoms with Gasteiger partial charge in [0.15, 0.2) is 0 Å². The lowest BCUT2D eigenvalue weighted by Gasteiger charge is -2.11. The van der Waals surface area contributed by atoms with Crippen molar-refractivity contribution >= 4 is 34.8 Å². The summed E-state index contributed by atoms with van der Waals surface area (Å²) in [7, 11) is 0. The summed E-state index contributed by atoms with van der Waals surface area (Å²) in [5, 5.41) is 3.50. The van der Waals surface area contributed by atoms with Gasteiger partial charge in [-0.2, -0.15) is 0 Å². The summed E-state index contributed by atoms with van der Waals surface area (Å²) in [5.41, 5.74) is 0.910. The van der Waals surface area contributed by atoms with Crippen LogP contribution in [0.15, 0.2) is 41.2 Å². The van der Waals surface area contributed by atoms with Gasteiger partial charge in [-0.3, -0.25) is 9.59 Å². The zero-order valence-corrected chi connectivity index (χ0v) is 12.2. The first kappa shape index (κ1) is 14.6. The molecule has 0 radical (unpaired) electrons. The Bertz CT molecular complexity index is 711. The van der Waals surface area contributed by atoms with E-state index in [9.17, 15) is 9.59 Å². The first-order valence-electron chi connectivity index (χ1n) is 5.89. The van der Waals surface area contributed by atoms with Gasteiger partial charge in [0.25, 0.3) is 5.56 Å². The number of benzene rings is 1. The number of amides is 1. The van der Waals surface area contributed by atoms with Crippen molar-refractivity contribution in [2.75, 3.05) is 5.32 Å². The Morgan fingerprint density at radius 1 is 1.25 bits per heavy atom. The maximum atomic E-state index is 12.0. The molecule has 0 saturated heterocycles. The van der Waals surface area contributed by atoms with E-state index in [1.165, 1.54) is 10.6 Å². The van der Waals surface area contributed by atoms with Crippen molar-refractivity contribution in [3.63, 3.8) is 0 Å². The van der Waals surface area contributed by atoms with Gasteiger partial charge >= 0.3 is 0 Å². The molecule has 0 atom stereocenters. The molecule has 0 fully saturated rings. The highest BCUT2D eigenvalue weighted by molar-refractivity contribution is 6.35. The van der Waals surface area contributed by atoms with Crippen molar-refractivity contribution in [1.82, 2.24) is 4.57 Å². The lowest BCUT2D eigenvalue weighted by atomic mass is 10.3. The van der Waals surface area contributed by atoms with E-state index >= 15 is 0 Å². The largest absolute Gasteiger partial charge is 0.323 e. The molecule has 1 aromatic heterocycles. The van der Waals surface area contributed by atoms with Crippen LogP contribution in [0.1, 0.15) is 5.69 Å². The van der Waals surface area contributed by atoms with Crippen molar-refractivity contribution in [2.45, 2.75) is 13.5 Å². The summed E-state index contributed by atoms with van der Waals surface area (Å²) in [6, 6.07) is 9.61. The molecule has 0 aliphatic carbocycles. The highest BCUT2D eigenvalue weighted by atomic mass is 35.5. The number of aromatic nitrogens is 1. The van der Waals surface area contributed by atoms with Crippen LogP contribution in [0.2, 0.25) is 10.0 Å². The highest BCUT2D eigenvalue weighted by Crippen LogP contribution is 2.25. The molecule has 0 saturated carbocycles. The Kier molecular flexibility index (Phi) is 4.47. The molecule has 2 aromatic rings. The number of carbonyl (C=O) groups excluding carboxylic acids is 1. The predicted molar refractivity (Wildman–Crippen MR) is 80.5 cm³/mol. The van der Waals surface area contributed by atoms with Gasteiger partial charge in [0.1, 0.15) is 6.54 Å². The quantitative estimate of drug-likeness (QED) is 0.947. The van der Waals surface area contributed by atoms with E-state index < -0.39 is 0 Å². The molecule has 1 aromatic carbocycles. The van der Waals surface area contributed by atoms with Gasteiger partial charge in [0.05, 0.1) is 10.7 Å². The van der Waals surface area contributed by atoms with Crippen molar-refractivity contribution in [2.24, 2.45) is 0 Å². The van der Waals surface area contributed by atoms with E-state index in [1.54, 1.807) is 37.3 Å². The van der Waals surface area contributed by atoms with Crippen LogP contribution in [0, 0.1) is 6.92 Å². The number of aryl methyl sites for hydroxylation is 1. The summed E-state index contributed by atoms with van der Waals surface area (Å²) in [4.78, 5) is 23.7. The third-order valence-electron chi connectivity index (χ3n) is 2.77. The summed E-state index contributed by atoms with van der Waals surface area (Å²) in [6.45, 7) is 1.69. The van der Waals surface area contributed by atoms with E-state index in [1.807, 2.05) is 0 Å². The minimum atomic E-state index is -0.342. The Hall–Kier alpha value is -1.78. The molecule has 0 unspecified atom stereocenters. The number of anilines is 1. The number of carbonyl (C=O) groups is 1. The maximum absolute atomic E-state index is 12.0. The first-order chi connectivity index (χ1) is 9.47. The number of nitrogens with one attached hydrogen (secondary N) is 1. The van der Waals surface area contributed by atoms with Crippen LogP contribution in [0.3, 0.4) is 0 Å². The lowest BCUT2D eigenvalue weighted by Crippen LogP contribution is -2.28. The molecule has 6 heteroatoms. The third kappa shape index (κ3) is 3.40. The van der Waals surface area contributed by atoms with Gasteiger partial charge in [-0.25, -0.2) is 0 Å². The Labute approximate surface area is 125 Å². The smallest absolute Gasteiger partial charge is 0.251 e. The summed E-state index contributed by atoms with van der Waals surface area (Å²) in [6.07, 6.45) is 0. The van der Waals surface area contributed by atoms with Gasteiger partial charge in [0, 0.05) is 16.8 Å². The second-order valence-electron chi connectivity index (χ2n) is 4.26. The van der Waals surface area contributed by atoms with E-state index in [2.05, 4.69) is 5.32 Å². The van der Waals surface area contributed by atoms with Crippen molar-refractivity contribution in [3.05, 3.63) is 62.5 Å². The van der Waals surface area contributed by atoms with E-state index in [-0.39, 0.29) is 18.0 Å². The fraction of sp³-hybridized carbons (Fsp3) is 0.143. The van der Waals surface area contributed by atoms with E-state index in [0.29, 0.717) is 21.4 Å². The average Bonchev–Trinajstić information content (AvgIpc) is 2.38. The van der Waals surface area contributed by atoms with Gasteiger partial charge in [-0.15, -0.1) is 0 Å². The Balaban J connectivity index is 2.17. The molecule has 0 bridgehead atoms. The van der Waals surface area contributed by atoms with Crippen LogP contribution in [0.5, 0.6) is 0 Å². The predicted octanol–water partition coefficient (Wildman–Crippen LogP) is 3.10. The molecule has 1 N–H and O–H groups in total. The minimum Gasteiger partial charge on any atom is -0.323 e. The van der Waals surface area contributed by atoms with Crippen molar-refractivity contribution < 1.29 is 4.79 Å². The molecule has 1 amide bonds. The molecule has 0 aliphatic rings. The highest BCUT2D eigenvalue weighted by Gasteiger charge is 2.09. The molecule has 0 aliphatic heterocycles. The fourth-order valence-corrected chi connectivity index (χ4v) is 2.09.